The number of unbranched alkanes of at least 4 members (excludes halogenated alkanes) is 5. The van der Waals surface area contributed by atoms with E-state index in [-0.39, 0.29) is 0 Å². The third-order valence-corrected chi connectivity index (χ3v) is 3.04. The van der Waals surface area contributed by atoms with E-state index < -0.39 is 5.97 Å². The maximum Gasteiger partial charge on any atom is 0.303 e. The zero-order valence-electron chi connectivity index (χ0n) is 11.7. The van der Waals surface area contributed by atoms with E-state index in [1.54, 1.807) is 0 Å². The first kappa shape index (κ1) is 15.5. The number of carbonyl (C=O) groups is 1. The van der Waals surface area contributed by atoms with Crippen LogP contribution >= 0.6 is 0 Å². The molecule has 0 heterocycles. The predicted molar refractivity (Wildman–Crippen MR) is 76.6 cm³/mol. The molecule has 0 aromatic heterocycles. The molecule has 0 atom stereocenters. The molecule has 0 fully saturated rings. The summed E-state index contributed by atoms with van der Waals surface area (Å²) in [4.78, 5) is 10.3. The molecule has 0 spiro atoms. The number of ether oxygens (including phenoxy) is 1. The summed E-state index contributed by atoms with van der Waals surface area (Å²) < 4.78 is 5.67. The summed E-state index contributed by atoms with van der Waals surface area (Å²) in [5.41, 5.74) is 1.22. The van der Waals surface area contributed by atoms with E-state index in [4.69, 9.17) is 9.84 Å². The molecular weight excluding hydrogens is 240 g/mol. The lowest BCUT2D eigenvalue weighted by atomic mass is 10.1. The Kier molecular flexibility index (Phi) is 7.71. The molecule has 0 aliphatic carbocycles. The Balaban J connectivity index is 1.93. The highest BCUT2D eigenvalue weighted by Gasteiger charge is 1.97. The molecule has 1 N–H and O–H groups in total. The van der Waals surface area contributed by atoms with Crippen LogP contribution in [0.1, 0.15) is 50.5 Å². The number of rotatable bonds is 10. The van der Waals surface area contributed by atoms with E-state index in [1.165, 1.54) is 5.56 Å². The lowest BCUT2D eigenvalue weighted by Crippen LogP contribution is -1.97. The van der Waals surface area contributed by atoms with Crippen LogP contribution in [0.3, 0.4) is 0 Å². The van der Waals surface area contributed by atoms with Gasteiger partial charge in [-0.15, -0.1) is 0 Å². The van der Waals surface area contributed by atoms with E-state index >= 15 is 0 Å². The SMILES string of the molecule is Cc1cccc(OCCCCCCCCC(=O)O)c1. The monoisotopic (exact) mass is 264 g/mol. The van der Waals surface area contributed by atoms with E-state index in [2.05, 4.69) is 13.0 Å². The van der Waals surface area contributed by atoms with Crippen LogP contribution in [0.2, 0.25) is 0 Å². The first-order chi connectivity index (χ1) is 9.18. The molecule has 1 aromatic carbocycles. The molecule has 0 aliphatic rings. The maximum absolute atomic E-state index is 10.3. The van der Waals surface area contributed by atoms with Gasteiger partial charge >= 0.3 is 5.97 Å². The van der Waals surface area contributed by atoms with Crippen LogP contribution in [0, 0.1) is 6.92 Å². The Bertz CT molecular complexity index is 374. The largest absolute Gasteiger partial charge is 0.494 e. The summed E-state index contributed by atoms with van der Waals surface area (Å²) in [7, 11) is 0. The topological polar surface area (TPSA) is 46.5 Å². The summed E-state index contributed by atoms with van der Waals surface area (Å²) in [6.07, 6.45) is 6.62. The second kappa shape index (κ2) is 9.42. The smallest absolute Gasteiger partial charge is 0.303 e. The summed E-state index contributed by atoms with van der Waals surface area (Å²) >= 11 is 0. The molecule has 3 nitrogen and oxygen atoms in total. The van der Waals surface area contributed by atoms with Crippen LogP contribution < -0.4 is 4.74 Å². The molecule has 19 heavy (non-hydrogen) atoms. The van der Waals surface area contributed by atoms with Crippen molar-refractivity contribution in [2.24, 2.45) is 0 Å². The van der Waals surface area contributed by atoms with Gasteiger partial charge in [-0.2, -0.15) is 0 Å². The van der Waals surface area contributed by atoms with Crippen molar-refractivity contribution in [2.75, 3.05) is 6.61 Å². The number of aryl methyl sites for hydroxylation is 1. The number of carboxylic acid groups (broad SMARTS) is 1. The summed E-state index contributed by atoms with van der Waals surface area (Å²) in [5, 5.41) is 8.50. The minimum atomic E-state index is -0.688. The predicted octanol–water partition coefficient (Wildman–Crippen LogP) is 4.19. The van der Waals surface area contributed by atoms with Crippen LogP contribution in [0.25, 0.3) is 0 Å². The number of aliphatic carboxylic acids is 1. The van der Waals surface area contributed by atoms with Crippen molar-refractivity contribution in [3.63, 3.8) is 0 Å². The highest BCUT2D eigenvalue weighted by atomic mass is 16.5. The Morgan fingerprint density at radius 3 is 2.47 bits per heavy atom. The van der Waals surface area contributed by atoms with Gasteiger partial charge in [0, 0.05) is 6.42 Å². The van der Waals surface area contributed by atoms with Gasteiger partial charge in [0.15, 0.2) is 0 Å². The average molecular weight is 264 g/mol. The van der Waals surface area contributed by atoms with Crippen molar-refractivity contribution in [3.8, 4) is 5.75 Å². The highest BCUT2D eigenvalue weighted by Crippen LogP contribution is 2.13. The third-order valence-electron chi connectivity index (χ3n) is 3.04. The molecule has 0 saturated heterocycles. The van der Waals surface area contributed by atoms with Crippen LogP contribution in [-0.2, 0) is 4.79 Å². The van der Waals surface area contributed by atoms with E-state index in [9.17, 15) is 4.79 Å². The number of hydrogen-bond donors (Lipinski definition) is 1. The summed E-state index contributed by atoms with van der Waals surface area (Å²) in [5.74, 6) is 0.257. The fourth-order valence-corrected chi connectivity index (χ4v) is 1.98. The van der Waals surface area contributed by atoms with Crippen molar-refractivity contribution >= 4 is 5.97 Å². The van der Waals surface area contributed by atoms with Crippen molar-refractivity contribution < 1.29 is 14.6 Å². The van der Waals surface area contributed by atoms with Gasteiger partial charge in [-0.25, -0.2) is 0 Å². The highest BCUT2D eigenvalue weighted by molar-refractivity contribution is 5.66. The average Bonchev–Trinajstić information content (AvgIpc) is 2.36. The van der Waals surface area contributed by atoms with Gasteiger partial charge in [0.25, 0.3) is 0 Å². The molecule has 1 rings (SSSR count). The normalized spacial score (nSPS) is 10.4. The van der Waals surface area contributed by atoms with Gasteiger partial charge in [0.05, 0.1) is 6.61 Å². The molecule has 1 aromatic rings. The third kappa shape index (κ3) is 8.25. The Morgan fingerprint density at radius 1 is 1.11 bits per heavy atom. The Labute approximate surface area is 115 Å². The van der Waals surface area contributed by atoms with Gasteiger partial charge in [-0.1, -0.05) is 37.8 Å². The second-order valence-electron chi connectivity index (χ2n) is 4.93. The van der Waals surface area contributed by atoms with E-state index in [0.29, 0.717) is 6.42 Å². The van der Waals surface area contributed by atoms with Gasteiger partial charge in [0.2, 0.25) is 0 Å². The molecule has 0 radical (unpaired) electrons. The van der Waals surface area contributed by atoms with Crippen molar-refractivity contribution in [2.45, 2.75) is 51.9 Å². The molecule has 0 amide bonds. The Morgan fingerprint density at radius 2 is 1.79 bits per heavy atom. The number of benzene rings is 1. The van der Waals surface area contributed by atoms with Crippen LogP contribution in [0.4, 0.5) is 0 Å². The first-order valence-corrected chi connectivity index (χ1v) is 7.10. The molecule has 106 valence electrons. The minimum Gasteiger partial charge on any atom is -0.494 e. The maximum atomic E-state index is 10.3. The van der Waals surface area contributed by atoms with Crippen LogP contribution in [0.5, 0.6) is 5.75 Å². The van der Waals surface area contributed by atoms with E-state index in [1.807, 2.05) is 18.2 Å². The standard InChI is InChI=1S/C16H24O3/c1-14-9-8-10-15(13-14)19-12-7-5-3-2-4-6-11-16(17)18/h8-10,13H,2-7,11-12H2,1H3,(H,17,18). The quantitative estimate of drug-likeness (QED) is 0.644. The molecular formula is C16H24O3. The summed E-state index contributed by atoms with van der Waals surface area (Å²) in [6, 6.07) is 8.10. The van der Waals surface area contributed by atoms with E-state index in [0.717, 1.165) is 50.9 Å². The zero-order valence-corrected chi connectivity index (χ0v) is 11.7. The number of carboxylic acids is 1. The van der Waals surface area contributed by atoms with Crippen molar-refractivity contribution in [1.29, 1.82) is 0 Å². The number of hydrogen-bond acceptors (Lipinski definition) is 2. The Hall–Kier alpha value is -1.51. The van der Waals surface area contributed by atoms with Crippen LogP contribution in [-0.4, -0.2) is 17.7 Å². The van der Waals surface area contributed by atoms with Crippen LogP contribution in [0.15, 0.2) is 24.3 Å². The molecule has 3 heteroatoms. The summed E-state index contributed by atoms with van der Waals surface area (Å²) in [6.45, 7) is 2.82. The fourth-order valence-electron chi connectivity index (χ4n) is 1.98. The minimum absolute atomic E-state index is 0.302. The van der Waals surface area contributed by atoms with Crippen molar-refractivity contribution in [1.82, 2.24) is 0 Å². The molecule has 0 bridgehead atoms. The van der Waals surface area contributed by atoms with Gasteiger partial charge < -0.3 is 9.84 Å². The molecule has 0 saturated carbocycles. The van der Waals surface area contributed by atoms with Gasteiger partial charge in [-0.3, -0.25) is 4.79 Å². The lowest BCUT2D eigenvalue weighted by molar-refractivity contribution is -0.137. The first-order valence-electron chi connectivity index (χ1n) is 7.10. The van der Waals surface area contributed by atoms with Gasteiger partial charge in [-0.05, 0) is 37.5 Å². The van der Waals surface area contributed by atoms with Gasteiger partial charge in [0.1, 0.15) is 5.75 Å². The molecule has 0 unspecified atom stereocenters. The zero-order chi connectivity index (χ0) is 13.9. The molecule has 0 aliphatic heterocycles. The lowest BCUT2D eigenvalue weighted by Gasteiger charge is -2.06. The van der Waals surface area contributed by atoms with Crippen molar-refractivity contribution in [3.05, 3.63) is 29.8 Å². The fraction of sp³-hybridized carbons (Fsp3) is 0.562. The second-order valence-corrected chi connectivity index (χ2v) is 4.93.